The number of halogens is 1. The number of piperidine rings is 1. The van der Waals surface area contributed by atoms with Gasteiger partial charge in [-0.3, -0.25) is 4.90 Å². The van der Waals surface area contributed by atoms with Gasteiger partial charge in [0.15, 0.2) is 0 Å². The first kappa shape index (κ1) is 13.2. The van der Waals surface area contributed by atoms with Crippen molar-refractivity contribution in [2.75, 3.05) is 19.6 Å². The maximum atomic E-state index is 12.5. The topological polar surface area (TPSA) is 37.4 Å². The molecule has 2 aliphatic heterocycles. The number of nitrogens with zero attached hydrogens (tertiary/aromatic N) is 1. The lowest BCUT2D eigenvalue weighted by Crippen LogP contribution is -2.32. The Morgan fingerprint density at radius 1 is 1.16 bits per heavy atom. The summed E-state index contributed by atoms with van der Waals surface area (Å²) in [5.74, 6) is 0. The molecule has 1 fully saturated rings. The minimum atomic E-state index is -3.33. The van der Waals surface area contributed by atoms with Gasteiger partial charge in [0.25, 0.3) is 0 Å². The second-order valence-electron chi connectivity index (χ2n) is 5.10. The van der Waals surface area contributed by atoms with Crippen molar-refractivity contribution >= 4 is 27.5 Å². The van der Waals surface area contributed by atoms with Crippen LogP contribution in [0.25, 0.3) is 6.08 Å². The Balaban J connectivity index is 1.92. The van der Waals surface area contributed by atoms with Gasteiger partial charge in [-0.2, -0.15) is 0 Å². The van der Waals surface area contributed by atoms with E-state index >= 15 is 0 Å². The van der Waals surface area contributed by atoms with Gasteiger partial charge in [0.1, 0.15) is 0 Å². The maximum Gasteiger partial charge on any atom is 0.204 e. The fourth-order valence-electron chi connectivity index (χ4n) is 2.74. The van der Waals surface area contributed by atoms with Gasteiger partial charge in [-0.25, -0.2) is 8.42 Å². The van der Waals surface area contributed by atoms with Crippen LogP contribution in [0, 0.1) is 0 Å². The summed E-state index contributed by atoms with van der Waals surface area (Å²) in [7, 11) is -3.33. The summed E-state index contributed by atoms with van der Waals surface area (Å²) in [6.07, 6.45) is 5.29. The van der Waals surface area contributed by atoms with Crippen LogP contribution >= 0.6 is 11.6 Å². The molecule has 2 heterocycles. The number of rotatable bonds is 2. The lowest BCUT2D eigenvalue weighted by molar-refractivity contribution is 0.250. The van der Waals surface area contributed by atoms with Crippen molar-refractivity contribution in [3.05, 3.63) is 33.7 Å². The van der Waals surface area contributed by atoms with E-state index in [-0.39, 0.29) is 0 Å². The van der Waals surface area contributed by atoms with Crippen LogP contribution in [0.1, 0.15) is 24.8 Å². The van der Waals surface area contributed by atoms with E-state index in [0.29, 0.717) is 26.9 Å². The van der Waals surface area contributed by atoms with Gasteiger partial charge in [0.05, 0.1) is 9.80 Å². The Morgan fingerprint density at radius 3 is 2.58 bits per heavy atom. The van der Waals surface area contributed by atoms with Crippen molar-refractivity contribution in [2.45, 2.75) is 24.2 Å². The number of likely N-dealkylation sites (tertiary alicyclic amines) is 1. The van der Waals surface area contributed by atoms with Crippen LogP contribution in [0.15, 0.2) is 28.0 Å². The Kier molecular flexibility index (Phi) is 3.41. The second kappa shape index (κ2) is 4.93. The molecule has 0 unspecified atom stereocenters. The third-order valence-electron chi connectivity index (χ3n) is 3.78. The lowest BCUT2D eigenvalue weighted by atomic mass is 10.1. The van der Waals surface area contributed by atoms with Crippen molar-refractivity contribution in [2.24, 2.45) is 0 Å². The summed E-state index contributed by atoms with van der Waals surface area (Å²) in [4.78, 5) is 3.05. The molecule has 0 spiro atoms. The second-order valence-corrected chi connectivity index (χ2v) is 7.48. The summed E-state index contributed by atoms with van der Waals surface area (Å²) >= 11 is 6.08. The van der Waals surface area contributed by atoms with Crippen molar-refractivity contribution in [3.8, 4) is 0 Å². The summed E-state index contributed by atoms with van der Waals surface area (Å²) in [6.45, 7) is 2.47. The van der Waals surface area contributed by atoms with Crippen molar-refractivity contribution < 1.29 is 8.42 Å². The third-order valence-corrected chi connectivity index (χ3v) is 5.98. The van der Waals surface area contributed by atoms with Crippen LogP contribution in [0.3, 0.4) is 0 Å². The van der Waals surface area contributed by atoms with Crippen molar-refractivity contribution in [3.63, 3.8) is 0 Å². The highest BCUT2D eigenvalue weighted by atomic mass is 35.5. The summed E-state index contributed by atoms with van der Waals surface area (Å²) in [5, 5.41) is 0.509. The summed E-state index contributed by atoms with van der Waals surface area (Å²) in [5.41, 5.74) is 0.649. The third kappa shape index (κ3) is 2.33. The predicted molar refractivity (Wildman–Crippen MR) is 76.9 cm³/mol. The predicted octanol–water partition coefficient (Wildman–Crippen LogP) is 2.95. The normalized spacial score (nSPS) is 22.1. The minimum absolute atomic E-state index is 0.354. The quantitative estimate of drug-likeness (QED) is 0.842. The molecule has 1 aromatic rings. The molecule has 0 saturated carbocycles. The standard InChI is InChI=1S/C14H16ClNO2S/c15-13-5-4-6-14-12(13)9-11(19(14,17)18)10-16-7-2-1-3-8-16/h4-6,9H,1-3,7-8,10H2. The molecule has 0 aromatic heterocycles. The van der Waals surface area contributed by atoms with E-state index < -0.39 is 9.84 Å². The van der Waals surface area contributed by atoms with E-state index in [2.05, 4.69) is 4.90 Å². The fourth-order valence-corrected chi connectivity index (χ4v) is 4.65. The minimum Gasteiger partial charge on any atom is -0.298 e. The van der Waals surface area contributed by atoms with Gasteiger partial charge in [-0.15, -0.1) is 0 Å². The van der Waals surface area contributed by atoms with E-state index in [1.54, 1.807) is 24.3 Å². The zero-order valence-electron chi connectivity index (χ0n) is 10.6. The average molecular weight is 298 g/mol. The molecule has 5 heteroatoms. The Morgan fingerprint density at radius 2 is 1.89 bits per heavy atom. The Hall–Kier alpha value is -0.840. The zero-order chi connectivity index (χ0) is 13.5. The maximum absolute atomic E-state index is 12.5. The van der Waals surface area contributed by atoms with Crippen LogP contribution in [0.4, 0.5) is 0 Å². The first-order valence-corrected chi connectivity index (χ1v) is 8.42. The molecular weight excluding hydrogens is 282 g/mol. The van der Waals surface area contributed by atoms with E-state index in [1.807, 2.05) is 0 Å². The van der Waals surface area contributed by atoms with Crippen LogP contribution in [0.2, 0.25) is 5.02 Å². The molecule has 19 heavy (non-hydrogen) atoms. The summed E-state index contributed by atoms with van der Waals surface area (Å²) < 4.78 is 24.9. The molecule has 0 bridgehead atoms. The molecule has 0 radical (unpaired) electrons. The number of sulfone groups is 1. The first-order chi connectivity index (χ1) is 9.09. The van der Waals surface area contributed by atoms with Gasteiger partial charge >= 0.3 is 0 Å². The highest BCUT2D eigenvalue weighted by molar-refractivity contribution is 7.95. The van der Waals surface area contributed by atoms with Crippen molar-refractivity contribution in [1.29, 1.82) is 0 Å². The highest BCUT2D eigenvalue weighted by Gasteiger charge is 2.31. The molecule has 0 aliphatic carbocycles. The van der Waals surface area contributed by atoms with Crippen LogP contribution in [-0.2, 0) is 9.84 Å². The van der Waals surface area contributed by atoms with Gasteiger partial charge < -0.3 is 0 Å². The fraction of sp³-hybridized carbons (Fsp3) is 0.429. The molecule has 3 rings (SSSR count). The highest BCUT2D eigenvalue weighted by Crippen LogP contribution is 2.37. The zero-order valence-corrected chi connectivity index (χ0v) is 12.2. The van der Waals surface area contributed by atoms with E-state index in [1.165, 1.54) is 6.42 Å². The van der Waals surface area contributed by atoms with Crippen LogP contribution in [-0.4, -0.2) is 33.0 Å². The monoisotopic (exact) mass is 297 g/mol. The van der Waals surface area contributed by atoms with Crippen LogP contribution in [0.5, 0.6) is 0 Å². The van der Waals surface area contributed by atoms with Gasteiger partial charge in [0, 0.05) is 17.1 Å². The molecule has 102 valence electrons. The SMILES string of the molecule is O=S1(=O)C(CN2CCCCC2)=Cc2c(Cl)cccc21. The number of hydrogen-bond donors (Lipinski definition) is 0. The molecule has 0 amide bonds. The average Bonchev–Trinajstić information content (AvgIpc) is 2.65. The molecule has 1 aromatic carbocycles. The number of benzene rings is 1. The van der Waals surface area contributed by atoms with E-state index in [9.17, 15) is 8.42 Å². The van der Waals surface area contributed by atoms with E-state index in [0.717, 1.165) is 25.9 Å². The molecule has 0 atom stereocenters. The Labute approximate surface area is 118 Å². The van der Waals surface area contributed by atoms with E-state index in [4.69, 9.17) is 11.6 Å². The number of fused-ring (bicyclic) bond motifs is 1. The molecule has 0 N–H and O–H groups in total. The molecule has 1 saturated heterocycles. The first-order valence-electron chi connectivity index (χ1n) is 6.55. The lowest BCUT2D eigenvalue weighted by Gasteiger charge is -2.26. The molecule has 2 aliphatic rings. The van der Waals surface area contributed by atoms with Crippen molar-refractivity contribution in [1.82, 2.24) is 4.90 Å². The van der Waals surface area contributed by atoms with Gasteiger partial charge in [0.2, 0.25) is 9.84 Å². The van der Waals surface area contributed by atoms with Crippen LogP contribution < -0.4 is 0 Å². The summed E-state index contributed by atoms with van der Waals surface area (Å²) in [6, 6.07) is 5.06. The smallest absolute Gasteiger partial charge is 0.204 e. The number of hydrogen-bond acceptors (Lipinski definition) is 3. The van der Waals surface area contributed by atoms with Gasteiger partial charge in [-0.05, 0) is 44.1 Å². The molecular formula is C14H16ClNO2S. The van der Waals surface area contributed by atoms with Gasteiger partial charge in [-0.1, -0.05) is 24.1 Å². The molecule has 3 nitrogen and oxygen atoms in total. The Bertz CT molecular complexity index is 631. The largest absolute Gasteiger partial charge is 0.298 e.